The van der Waals surface area contributed by atoms with Crippen LogP contribution >= 0.6 is 11.3 Å². The number of thiophene rings is 1. The van der Waals surface area contributed by atoms with E-state index in [1.54, 1.807) is 5.38 Å². The summed E-state index contributed by atoms with van der Waals surface area (Å²) in [4.78, 5) is 25.4. The van der Waals surface area contributed by atoms with Crippen molar-refractivity contribution >= 4 is 33.3 Å². The number of carbonyl (C=O) groups excluding carboxylic acids is 1. The maximum atomic E-state index is 12.7. The van der Waals surface area contributed by atoms with Crippen LogP contribution in [-0.2, 0) is 9.53 Å². The highest BCUT2D eigenvalue weighted by Gasteiger charge is 2.34. The molecule has 110 valence electrons. The Hall–Kier alpha value is -1.92. The minimum Gasteiger partial charge on any atom is -0.480 e. The van der Waals surface area contributed by atoms with Gasteiger partial charge in [-0.1, -0.05) is 12.1 Å². The summed E-state index contributed by atoms with van der Waals surface area (Å²) in [6, 6.07) is 5.00. The highest BCUT2D eigenvalue weighted by molar-refractivity contribution is 7.17. The Morgan fingerprint density at radius 2 is 2.24 bits per heavy atom. The van der Waals surface area contributed by atoms with Crippen molar-refractivity contribution in [1.82, 2.24) is 4.90 Å². The van der Waals surface area contributed by atoms with Gasteiger partial charge in [0.05, 0.1) is 18.8 Å². The summed E-state index contributed by atoms with van der Waals surface area (Å²) in [5, 5.41) is 11.9. The average molecular weight is 305 g/mol. The zero-order valence-corrected chi connectivity index (χ0v) is 12.4. The number of amides is 1. The molecule has 2 heterocycles. The Balaban J connectivity index is 1.97. The van der Waals surface area contributed by atoms with Gasteiger partial charge in [-0.05, 0) is 18.6 Å². The molecule has 1 aliphatic heterocycles. The van der Waals surface area contributed by atoms with Crippen molar-refractivity contribution in [2.75, 3.05) is 19.8 Å². The first-order chi connectivity index (χ1) is 10.1. The number of fused-ring (bicyclic) bond motifs is 1. The summed E-state index contributed by atoms with van der Waals surface area (Å²) in [5.74, 6) is -1.26. The highest BCUT2D eigenvalue weighted by Crippen LogP contribution is 2.28. The van der Waals surface area contributed by atoms with Gasteiger partial charge in [-0.2, -0.15) is 0 Å². The normalized spacial score (nSPS) is 18.9. The summed E-state index contributed by atoms with van der Waals surface area (Å²) in [6.07, 6.45) is 0. The third-order valence-corrected chi connectivity index (χ3v) is 4.58. The van der Waals surface area contributed by atoms with E-state index in [0.29, 0.717) is 18.7 Å². The van der Waals surface area contributed by atoms with E-state index in [1.807, 2.05) is 25.1 Å². The highest BCUT2D eigenvalue weighted by atomic mass is 32.1. The van der Waals surface area contributed by atoms with Crippen molar-refractivity contribution in [2.45, 2.75) is 13.0 Å². The number of carbonyl (C=O) groups is 2. The van der Waals surface area contributed by atoms with Crippen LogP contribution in [0.25, 0.3) is 10.1 Å². The van der Waals surface area contributed by atoms with Crippen molar-refractivity contribution in [3.63, 3.8) is 0 Å². The Bertz CT molecular complexity index is 709. The molecule has 0 radical (unpaired) electrons. The SMILES string of the molecule is Cc1ccc2c(C(=O)N3CCOCC3C(=O)O)csc2c1. The molecule has 3 rings (SSSR count). The molecule has 1 fully saturated rings. The third kappa shape index (κ3) is 2.52. The van der Waals surface area contributed by atoms with E-state index in [9.17, 15) is 14.7 Å². The minimum atomic E-state index is -1.03. The molecular weight excluding hydrogens is 290 g/mol. The second-order valence-electron chi connectivity index (χ2n) is 5.08. The van der Waals surface area contributed by atoms with Gasteiger partial charge in [0.15, 0.2) is 6.04 Å². The molecule has 0 saturated carbocycles. The first-order valence-corrected chi connectivity index (χ1v) is 7.55. The largest absolute Gasteiger partial charge is 0.480 e. The van der Waals surface area contributed by atoms with Gasteiger partial charge < -0.3 is 14.7 Å². The number of carboxylic acids is 1. The van der Waals surface area contributed by atoms with Crippen LogP contribution < -0.4 is 0 Å². The predicted octanol–water partition coefficient (Wildman–Crippen LogP) is 2.14. The van der Waals surface area contributed by atoms with E-state index in [2.05, 4.69) is 0 Å². The number of hydrogen-bond donors (Lipinski definition) is 1. The lowest BCUT2D eigenvalue weighted by atomic mass is 10.1. The Kier molecular flexibility index (Phi) is 3.65. The molecule has 1 atom stereocenters. The van der Waals surface area contributed by atoms with E-state index >= 15 is 0 Å². The third-order valence-electron chi connectivity index (χ3n) is 3.64. The van der Waals surface area contributed by atoms with Gasteiger partial charge in [0.25, 0.3) is 5.91 Å². The van der Waals surface area contributed by atoms with Gasteiger partial charge in [0.2, 0.25) is 0 Å². The summed E-state index contributed by atoms with van der Waals surface area (Å²) in [6.45, 7) is 2.72. The van der Waals surface area contributed by atoms with Crippen LogP contribution in [0, 0.1) is 6.92 Å². The van der Waals surface area contributed by atoms with Crippen molar-refractivity contribution in [1.29, 1.82) is 0 Å². The minimum absolute atomic E-state index is 0.0439. The first-order valence-electron chi connectivity index (χ1n) is 6.67. The molecule has 1 aromatic heterocycles. The summed E-state index contributed by atoms with van der Waals surface area (Å²) >= 11 is 1.50. The monoisotopic (exact) mass is 305 g/mol. The van der Waals surface area contributed by atoms with E-state index in [4.69, 9.17) is 4.74 Å². The number of benzene rings is 1. The molecule has 0 spiro atoms. The molecule has 1 saturated heterocycles. The van der Waals surface area contributed by atoms with Crippen LogP contribution in [0.1, 0.15) is 15.9 Å². The van der Waals surface area contributed by atoms with E-state index in [1.165, 1.54) is 16.2 Å². The molecule has 2 aromatic rings. The van der Waals surface area contributed by atoms with Crippen LogP contribution in [-0.4, -0.2) is 47.7 Å². The predicted molar refractivity (Wildman–Crippen MR) is 79.8 cm³/mol. The molecule has 0 aliphatic carbocycles. The number of ether oxygens (including phenoxy) is 1. The number of carboxylic acid groups (broad SMARTS) is 1. The molecule has 1 aliphatic rings. The smallest absolute Gasteiger partial charge is 0.328 e. The van der Waals surface area contributed by atoms with Crippen LogP contribution in [0.15, 0.2) is 23.6 Å². The van der Waals surface area contributed by atoms with Gasteiger partial charge in [-0.15, -0.1) is 11.3 Å². The van der Waals surface area contributed by atoms with Gasteiger partial charge in [0, 0.05) is 22.0 Å². The van der Waals surface area contributed by atoms with Crippen LogP contribution in [0.3, 0.4) is 0 Å². The van der Waals surface area contributed by atoms with Crippen molar-refractivity contribution < 1.29 is 19.4 Å². The van der Waals surface area contributed by atoms with Crippen LogP contribution in [0.5, 0.6) is 0 Å². The van der Waals surface area contributed by atoms with E-state index in [0.717, 1.165) is 15.6 Å². The molecule has 21 heavy (non-hydrogen) atoms. The lowest BCUT2D eigenvalue weighted by Crippen LogP contribution is -2.52. The first kappa shape index (κ1) is 14.0. The van der Waals surface area contributed by atoms with E-state index in [-0.39, 0.29) is 12.5 Å². The lowest BCUT2D eigenvalue weighted by molar-refractivity contribution is -0.147. The van der Waals surface area contributed by atoms with Crippen molar-refractivity contribution in [3.05, 3.63) is 34.7 Å². The maximum Gasteiger partial charge on any atom is 0.328 e. The molecule has 1 aromatic carbocycles. The molecule has 5 nitrogen and oxygen atoms in total. The number of rotatable bonds is 2. The molecular formula is C15H15NO4S. The second kappa shape index (κ2) is 5.46. The van der Waals surface area contributed by atoms with Crippen molar-refractivity contribution in [2.24, 2.45) is 0 Å². The van der Waals surface area contributed by atoms with E-state index < -0.39 is 12.0 Å². The summed E-state index contributed by atoms with van der Waals surface area (Å²) in [5.41, 5.74) is 1.71. The average Bonchev–Trinajstić information content (AvgIpc) is 2.89. The topological polar surface area (TPSA) is 66.8 Å². The summed E-state index contributed by atoms with van der Waals surface area (Å²) in [7, 11) is 0. The number of morpholine rings is 1. The van der Waals surface area contributed by atoms with Gasteiger partial charge >= 0.3 is 5.97 Å². The molecule has 6 heteroatoms. The Morgan fingerprint density at radius 1 is 1.43 bits per heavy atom. The van der Waals surface area contributed by atoms with Gasteiger partial charge in [0.1, 0.15) is 0 Å². The number of aliphatic carboxylic acids is 1. The number of aryl methyl sites for hydroxylation is 1. The Morgan fingerprint density at radius 3 is 3.00 bits per heavy atom. The molecule has 1 amide bonds. The molecule has 1 N–H and O–H groups in total. The molecule has 1 unspecified atom stereocenters. The van der Waals surface area contributed by atoms with Gasteiger partial charge in [-0.25, -0.2) is 4.79 Å². The quantitative estimate of drug-likeness (QED) is 0.923. The number of nitrogens with zero attached hydrogens (tertiary/aromatic N) is 1. The van der Waals surface area contributed by atoms with Crippen molar-refractivity contribution in [3.8, 4) is 0 Å². The lowest BCUT2D eigenvalue weighted by Gasteiger charge is -2.32. The fourth-order valence-corrected chi connectivity index (χ4v) is 3.54. The Labute approximate surface area is 125 Å². The molecule has 0 bridgehead atoms. The maximum absolute atomic E-state index is 12.7. The van der Waals surface area contributed by atoms with Gasteiger partial charge in [-0.3, -0.25) is 4.79 Å². The second-order valence-corrected chi connectivity index (χ2v) is 5.99. The van der Waals surface area contributed by atoms with Crippen LogP contribution in [0.2, 0.25) is 0 Å². The van der Waals surface area contributed by atoms with Crippen LogP contribution in [0.4, 0.5) is 0 Å². The zero-order valence-electron chi connectivity index (χ0n) is 11.5. The summed E-state index contributed by atoms with van der Waals surface area (Å²) < 4.78 is 6.21. The fourth-order valence-electron chi connectivity index (χ4n) is 2.51. The zero-order chi connectivity index (χ0) is 15.0. The number of hydrogen-bond acceptors (Lipinski definition) is 4. The standard InChI is InChI=1S/C15H15NO4S/c1-9-2-3-10-11(8-21-13(10)6-9)14(17)16-4-5-20-7-12(16)15(18)19/h2-3,6,8,12H,4-5,7H2,1H3,(H,18,19). The fraction of sp³-hybridized carbons (Fsp3) is 0.333.